The fourth-order valence-electron chi connectivity index (χ4n) is 3.14. The van der Waals surface area contributed by atoms with Crippen molar-refractivity contribution in [3.63, 3.8) is 0 Å². The lowest BCUT2D eigenvalue weighted by atomic mass is 10.0. The molecule has 0 aromatic heterocycles. The van der Waals surface area contributed by atoms with Gasteiger partial charge in [-0.25, -0.2) is 8.42 Å². The van der Waals surface area contributed by atoms with E-state index in [2.05, 4.69) is 12.2 Å². The summed E-state index contributed by atoms with van der Waals surface area (Å²) >= 11 is 0. The highest BCUT2D eigenvalue weighted by Gasteiger charge is 2.27. The van der Waals surface area contributed by atoms with Gasteiger partial charge in [-0.05, 0) is 42.7 Å². The van der Waals surface area contributed by atoms with Crippen LogP contribution in [0.25, 0.3) is 0 Å². The number of hydrogen-bond acceptors (Lipinski definition) is 4. The van der Waals surface area contributed by atoms with Gasteiger partial charge in [0.05, 0.1) is 24.2 Å². The Morgan fingerprint density at radius 1 is 1.14 bits per heavy atom. The van der Waals surface area contributed by atoms with E-state index in [9.17, 15) is 13.2 Å². The van der Waals surface area contributed by atoms with Crippen molar-refractivity contribution >= 4 is 15.9 Å². The van der Waals surface area contributed by atoms with Crippen LogP contribution in [0.3, 0.4) is 0 Å². The highest BCUT2D eigenvalue weighted by Crippen LogP contribution is 2.19. The molecule has 2 aromatic carbocycles. The van der Waals surface area contributed by atoms with E-state index in [0.29, 0.717) is 31.9 Å². The largest absolute Gasteiger partial charge is 0.379 e. The summed E-state index contributed by atoms with van der Waals surface area (Å²) in [5, 5.41) is 2.94. The molecular formula is C21H26N2O4S. The van der Waals surface area contributed by atoms with Gasteiger partial charge in [0.1, 0.15) is 0 Å². The van der Waals surface area contributed by atoms with Crippen molar-refractivity contribution in [2.75, 3.05) is 26.3 Å². The molecule has 6 nitrogen and oxygen atoms in total. The van der Waals surface area contributed by atoms with E-state index < -0.39 is 10.0 Å². The van der Waals surface area contributed by atoms with Gasteiger partial charge >= 0.3 is 0 Å². The van der Waals surface area contributed by atoms with E-state index in [1.54, 1.807) is 12.1 Å². The number of nitrogens with zero attached hydrogens (tertiary/aromatic N) is 1. The lowest BCUT2D eigenvalue weighted by Crippen LogP contribution is -2.40. The van der Waals surface area contributed by atoms with Crippen LogP contribution in [0.15, 0.2) is 53.4 Å². The molecule has 0 aliphatic carbocycles. The Labute approximate surface area is 166 Å². The van der Waals surface area contributed by atoms with Crippen LogP contribution in [0.1, 0.15) is 41.4 Å². The number of hydrogen-bond donors (Lipinski definition) is 1. The lowest BCUT2D eigenvalue weighted by molar-refractivity contribution is 0.0730. The molecule has 1 atom stereocenters. The van der Waals surface area contributed by atoms with Gasteiger partial charge < -0.3 is 10.1 Å². The van der Waals surface area contributed by atoms with E-state index in [0.717, 1.165) is 12.0 Å². The minimum absolute atomic E-state index is 0.127. The topological polar surface area (TPSA) is 75.7 Å². The molecule has 1 saturated heterocycles. The van der Waals surface area contributed by atoms with Gasteiger partial charge in [-0.2, -0.15) is 4.31 Å². The highest BCUT2D eigenvalue weighted by molar-refractivity contribution is 7.89. The van der Waals surface area contributed by atoms with Crippen LogP contribution < -0.4 is 5.32 Å². The lowest BCUT2D eigenvalue weighted by Gasteiger charge is -2.26. The minimum atomic E-state index is -3.63. The number of ether oxygens (including phenoxy) is 1. The number of rotatable bonds is 6. The van der Waals surface area contributed by atoms with E-state index >= 15 is 0 Å². The Bertz CT molecular complexity index is 920. The molecule has 2 aromatic rings. The summed E-state index contributed by atoms with van der Waals surface area (Å²) < 4.78 is 32.2. The summed E-state index contributed by atoms with van der Waals surface area (Å²) in [5.74, 6) is -0.300. The Hall–Kier alpha value is -2.22. The molecule has 1 amide bonds. The first kappa shape index (κ1) is 20.5. The molecule has 1 aliphatic heterocycles. The first-order chi connectivity index (χ1) is 13.4. The maximum absolute atomic E-state index is 12.8. The van der Waals surface area contributed by atoms with Gasteiger partial charge in [0.2, 0.25) is 10.0 Å². The number of sulfonamides is 1. The van der Waals surface area contributed by atoms with Crippen LogP contribution in [0.5, 0.6) is 0 Å². The molecule has 0 spiro atoms. The molecule has 1 fully saturated rings. The van der Waals surface area contributed by atoms with Crippen LogP contribution in [0.4, 0.5) is 0 Å². The van der Waals surface area contributed by atoms with Gasteiger partial charge in [-0.15, -0.1) is 0 Å². The van der Waals surface area contributed by atoms with Gasteiger partial charge in [0, 0.05) is 18.7 Å². The first-order valence-corrected chi connectivity index (χ1v) is 10.9. The zero-order chi connectivity index (χ0) is 20.1. The summed E-state index contributed by atoms with van der Waals surface area (Å²) in [6.45, 7) is 5.42. The van der Waals surface area contributed by atoms with Crippen LogP contribution in [-0.2, 0) is 21.2 Å². The van der Waals surface area contributed by atoms with Gasteiger partial charge in [0.15, 0.2) is 0 Å². The summed E-state index contributed by atoms with van der Waals surface area (Å²) in [4.78, 5) is 12.8. The third-order valence-corrected chi connectivity index (χ3v) is 6.83. The predicted molar refractivity (Wildman–Crippen MR) is 108 cm³/mol. The van der Waals surface area contributed by atoms with Crippen molar-refractivity contribution in [1.29, 1.82) is 0 Å². The second kappa shape index (κ2) is 8.86. The van der Waals surface area contributed by atoms with Crippen molar-refractivity contribution in [2.45, 2.75) is 31.2 Å². The second-order valence-electron chi connectivity index (χ2n) is 6.83. The van der Waals surface area contributed by atoms with E-state index in [4.69, 9.17) is 4.74 Å². The van der Waals surface area contributed by atoms with E-state index in [-0.39, 0.29) is 16.8 Å². The van der Waals surface area contributed by atoms with Gasteiger partial charge in [-0.1, -0.05) is 37.3 Å². The van der Waals surface area contributed by atoms with Crippen LogP contribution in [0, 0.1) is 0 Å². The number of morpholine rings is 1. The van der Waals surface area contributed by atoms with Crippen molar-refractivity contribution in [1.82, 2.24) is 9.62 Å². The zero-order valence-corrected chi connectivity index (χ0v) is 17.0. The number of nitrogens with one attached hydrogen (secondary N) is 1. The Kier molecular flexibility index (Phi) is 6.49. The van der Waals surface area contributed by atoms with Crippen molar-refractivity contribution in [3.05, 3.63) is 65.2 Å². The fraction of sp³-hybridized carbons (Fsp3) is 0.381. The number of benzene rings is 2. The fourth-order valence-corrected chi connectivity index (χ4v) is 4.59. The third-order valence-electron chi connectivity index (χ3n) is 4.94. The number of carbonyl (C=O) groups is 1. The normalized spacial score (nSPS) is 16.5. The summed E-state index contributed by atoms with van der Waals surface area (Å²) in [7, 11) is -3.63. The molecule has 1 N–H and O–H groups in total. The van der Waals surface area contributed by atoms with Crippen molar-refractivity contribution in [2.24, 2.45) is 0 Å². The molecule has 1 heterocycles. The third kappa shape index (κ3) is 4.60. The Morgan fingerprint density at radius 2 is 1.82 bits per heavy atom. The molecule has 7 heteroatoms. The van der Waals surface area contributed by atoms with Crippen LogP contribution in [-0.4, -0.2) is 44.9 Å². The minimum Gasteiger partial charge on any atom is -0.379 e. The molecule has 1 unspecified atom stereocenters. The molecule has 0 saturated carbocycles. The van der Waals surface area contributed by atoms with Gasteiger partial charge in [-0.3, -0.25) is 4.79 Å². The SMILES string of the molecule is CCc1ccc(C(C)NC(=O)c2cccc(S(=O)(=O)N3CCOCC3)c2)cc1. The van der Waals surface area contributed by atoms with Gasteiger partial charge in [0.25, 0.3) is 5.91 Å². The maximum Gasteiger partial charge on any atom is 0.251 e. The predicted octanol–water partition coefficient (Wildman–Crippen LogP) is 2.76. The molecule has 150 valence electrons. The summed E-state index contributed by atoms with van der Waals surface area (Å²) in [6, 6.07) is 14.1. The quantitative estimate of drug-likeness (QED) is 0.806. The highest BCUT2D eigenvalue weighted by atomic mass is 32.2. The van der Waals surface area contributed by atoms with E-state index in [1.807, 2.05) is 31.2 Å². The summed E-state index contributed by atoms with van der Waals surface area (Å²) in [6.07, 6.45) is 0.964. The van der Waals surface area contributed by atoms with Crippen molar-refractivity contribution < 1.29 is 17.9 Å². The van der Waals surface area contributed by atoms with Crippen LogP contribution >= 0.6 is 0 Å². The van der Waals surface area contributed by atoms with Crippen LogP contribution in [0.2, 0.25) is 0 Å². The number of aryl methyl sites for hydroxylation is 1. The average molecular weight is 403 g/mol. The average Bonchev–Trinajstić information content (AvgIpc) is 2.74. The molecule has 0 bridgehead atoms. The zero-order valence-electron chi connectivity index (χ0n) is 16.2. The number of amides is 1. The Morgan fingerprint density at radius 3 is 2.46 bits per heavy atom. The monoisotopic (exact) mass is 402 g/mol. The molecule has 28 heavy (non-hydrogen) atoms. The number of carbonyl (C=O) groups excluding carboxylic acids is 1. The van der Waals surface area contributed by atoms with Crippen molar-refractivity contribution in [3.8, 4) is 0 Å². The standard InChI is InChI=1S/C21H26N2O4S/c1-3-17-7-9-18(10-8-17)16(2)22-21(24)19-5-4-6-20(15-19)28(25,26)23-11-13-27-14-12-23/h4-10,15-16H,3,11-14H2,1-2H3,(H,22,24). The Balaban J connectivity index is 1.74. The smallest absolute Gasteiger partial charge is 0.251 e. The van der Waals surface area contributed by atoms with E-state index in [1.165, 1.54) is 22.0 Å². The first-order valence-electron chi connectivity index (χ1n) is 9.49. The summed E-state index contributed by atoms with van der Waals surface area (Å²) in [5.41, 5.74) is 2.57. The molecular weight excluding hydrogens is 376 g/mol. The molecule has 1 aliphatic rings. The molecule has 3 rings (SSSR count). The second-order valence-corrected chi connectivity index (χ2v) is 8.77. The molecule has 0 radical (unpaired) electrons. The maximum atomic E-state index is 12.8.